The average Bonchev–Trinajstić information content (AvgIpc) is 2.94. The van der Waals surface area contributed by atoms with E-state index in [0.717, 1.165) is 0 Å². The minimum atomic E-state index is -0.527. The van der Waals surface area contributed by atoms with Gasteiger partial charge < -0.3 is 14.7 Å². The second kappa shape index (κ2) is 7.21. The van der Waals surface area contributed by atoms with Crippen molar-refractivity contribution in [3.8, 4) is 11.1 Å². The van der Waals surface area contributed by atoms with Crippen LogP contribution in [0, 0.1) is 0 Å². The van der Waals surface area contributed by atoms with Gasteiger partial charge in [0.2, 0.25) is 0 Å². The Labute approximate surface area is 141 Å². The zero-order chi connectivity index (χ0) is 16.9. The quantitative estimate of drug-likeness (QED) is 0.855. The van der Waals surface area contributed by atoms with Crippen LogP contribution in [-0.2, 0) is 14.2 Å². The Kier molecular flexibility index (Phi) is 4.84. The van der Waals surface area contributed by atoms with Crippen LogP contribution in [0.5, 0.6) is 0 Å². The van der Waals surface area contributed by atoms with Crippen LogP contribution in [-0.4, -0.2) is 33.3 Å². The van der Waals surface area contributed by atoms with Crippen molar-refractivity contribution < 1.29 is 19.0 Å². The third-order valence-corrected chi connectivity index (χ3v) is 4.17. The van der Waals surface area contributed by atoms with Crippen molar-refractivity contribution in [2.24, 2.45) is 0 Å². The maximum Gasteiger partial charge on any atom is 0.407 e. The van der Waals surface area contributed by atoms with Gasteiger partial charge in [-0.1, -0.05) is 48.5 Å². The largest absolute Gasteiger partial charge is 0.543 e. The number of benzene rings is 2. The van der Waals surface area contributed by atoms with Crippen molar-refractivity contribution in [3.05, 3.63) is 59.7 Å². The van der Waals surface area contributed by atoms with E-state index in [9.17, 15) is 9.59 Å². The molecule has 0 aromatic heterocycles. The van der Waals surface area contributed by atoms with Crippen LogP contribution in [0.4, 0.5) is 4.79 Å². The zero-order valence-electron chi connectivity index (χ0n) is 13.5. The van der Waals surface area contributed by atoms with Crippen LogP contribution in [0.25, 0.3) is 11.1 Å². The smallest absolute Gasteiger partial charge is 0.407 e. The first kappa shape index (κ1) is 16.1. The highest BCUT2D eigenvalue weighted by molar-refractivity contribution is 6.05. The molecule has 0 heterocycles. The normalized spacial score (nSPS) is 12.2. The van der Waals surface area contributed by atoms with E-state index >= 15 is 0 Å². The fourth-order valence-electron chi connectivity index (χ4n) is 3.02. The molecule has 1 aliphatic rings. The molecule has 3 rings (SSSR count). The third kappa shape index (κ3) is 3.27. The molecule has 1 amide bonds. The third-order valence-electron chi connectivity index (χ3n) is 4.17. The summed E-state index contributed by atoms with van der Waals surface area (Å²) in [4.78, 5) is 22.8. The monoisotopic (exact) mass is 323 g/mol. The van der Waals surface area contributed by atoms with Gasteiger partial charge in [0.1, 0.15) is 6.61 Å². The Balaban J connectivity index is 1.63. The molecule has 24 heavy (non-hydrogen) atoms. The fraction of sp³-hybridized carbons (Fsp3) is 0.222. The number of fused-ring (bicyclic) bond motifs is 3. The summed E-state index contributed by atoms with van der Waals surface area (Å²) in [5.41, 5.74) is 4.71. The Morgan fingerprint density at radius 2 is 1.58 bits per heavy atom. The molecule has 0 radical (unpaired) electrons. The summed E-state index contributed by atoms with van der Waals surface area (Å²) in [7, 11) is 1.32. The second-order valence-corrected chi connectivity index (χ2v) is 5.58. The summed E-state index contributed by atoms with van der Waals surface area (Å²) in [5, 5.41) is 2.56. The van der Waals surface area contributed by atoms with Crippen LogP contribution in [0.1, 0.15) is 23.5 Å². The van der Waals surface area contributed by atoms with Gasteiger partial charge in [-0.15, -0.1) is 0 Å². The predicted octanol–water partition coefficient (Wildman–Crippen LogP) is 2.01. The Bertz CT molecular complexity index is 717. The van der Waals surface area contributed by atoms with Crippen molar-refractivity contribution in [2.45, 2.75) is 12.3 Å². The van der Waals surface area contributed by atoms with Gasteiger partial charge >= 0.3 is 14.1 Å². The molecule has 2 aromatic rings. The number of alkyl carbamates (subject to hydrolysis) is 1. The first-order valence-electron chi connectivity index (χ1n) is 7.86. The minimum Gasteiger partial charge on any atom is -0.543 e. The first-order chi connectivity index (χ1) is 11.7. The van der Waals surface area contributed by atoms with E-state index in [2.05, 4.69) is 34.2 Å². The molecular weight excluding hydrogens is 305 g/mol. The van der Waals surface area contributed by atoms with Gasteiger partial charge in [-0.05, 0) is 22.3 Å². The van der Waals surface area contributed by atoms with Gasteiger partial charge in [0.05, 0.1) is 6.42 Å². The van der Waals surface area contributed by atoms with Crippen LogP contribution >= 0.6 is 0 Å². The molecule has 122 valence electrons. The van der Waals surface area contributed by atoms with Crippen LogP contribution in [0.3, 0.4) is 0 Å². The average molecular weight is 323 g/mol. The van der Waals surface area contributed by atoms with Crippen molar-refractivity contribution in [1.82, 2.24) is 5.32 Å². The zero-order valence-corrected chi connectivity index (χ0v) is 13.5. The Morgan fingerprint density at radius 3 is 2.17 bits per heavy atom. The second-order valence-electron chi connectivity index (χ2n) is 5.58. The Morgan fingerprint density at radius 1 is 1.00 bits per heavy atom. The van der Waals surface area contributed by atoms with E-state index in [-0.39, 0.29) is 31.5 Å². The Hall–Kier alpha value is -2.76. The fourth-order valence-corrected chi connectivity index (χ4v) is 3.02. The van der Waals surface area contributed by atoms with Crippen molar-refractivity contribution in [1.29, 1.82) is 0 Å². The lowest BCUT2D eigenvalue weighted by atomic mass is 9.98. The van der Waals surface area contributed by atoms with Gasteiger partial charge in [0, 0.05) is 12.5 Å². The lowest BCUT2D eigenvalue weighted by molar-refractivity contribution is -0.133. The number of carbonyl (C=O) groups excluding carboxylic acids is 2. The lowest BCUT2D eigenvalue weighted by Crippen LogP contribution is -2.28. The van der Waals surface area contributed by atoms with Crippen LogP contribution in [0.2, 0.25) is 0 Å². The lowest BCUT2D eigenvalue weighted by Gasteiger charge is -2.14. The van der Waals surface area contributed by atoms with Crippen molar-refractivity contribution >= 4 is 20.1 Å². The molecule has 2 aromatic carbocycles. The maximum atomic E-state index is 11.8. The predicted molar refractivity (Wildman–Crippen MR) is 92.3 cm³/mol. The van der Waals surface area contributed by atoms with E-state index in [4.69, 9.17) is 4.74 Å². The van der Waals surface area contributed by atoms with Gasteiger partial charge in [-0.25, -0.2) is 4.79 Å². The van der Waals surface area contributed by atoms with E-state index in [1.807, 2.05) is 24.3 Å². The number of ether oxygens (including phenoxy) is 1. The van der Waals surface area contributed by atoms with E-state index in [0.29, 0.717) is 0 Å². The summed E-state index contributed by atoms with van der Waals surface area (Å²) in [6, 6.07) is 16.3. The SMILES string of the molecule is BOC(=O)CCNC(=O)OCC1c2ccccc2-c2ccccc21. The number of rotatable bonds is 5. The maximum absolute atomic E-state index is 11.8. The molecular formula is C18H18BNO4. The number of hydrogen-bond donors (Lipinski definition) is 1. The summed E-state index contributed by atoms with van der Waals surface area (Å²) < 4.78 is 9.87. The minimum absolute atomic E-state index is 0.0313. The summed E-state index contributed by atoms with van der Waals surface area (Å²) in [6.45, 7) is 0.460. The molecule has 0 saturated heterocycles. The van der Waals surface area contributed by atoms with Crippen molar-refractivity contribution in [3.63, 3.8) is 0 Å². The van der Waals surface area contributed by atoms with E-state index < -0.39 is 6.09 Å². The highest BCUT2D eigenvalue weighted by Crippen LogP contribution is 2.44. The van der Waals surface area contributed by atoms with Crippen LogP contribution in [0.15, 0.2) is 48.5 Å². The van der Waals surface area contributed by atoms with E-state index in [1.54, 1.807) is 0 Å². The van der Waals surface area contributed by atoms with E-state index in [1.165, 1.54) is 30.3 Å². The number of hydrogen-bond acceptors (Lipinski definition) is 4. The molecule has 0 fully saturated rings. The topological polar surface area (TPSA) is 64.6 Å². The van der Waals surface area contributed by atoms with Crippen molar-refractivity contribution in [2.75, 3.05) is 13.2 Å². The molecule has 1 N–H and O–H groups in total. The molecule has 0 aliphatic heterocycles. The number of carbonyl (C=O) groups is 2. The molecule has 6 heteroatoms. The summed E-state index contributed by atoms with van der Waals surface area (Å²) >= 11 is 0. The van der Waals surface area contributed by atoms with Crippen LogP contribution < -0.4 is 5.32 Å². The van der Waals surface area contributed by atoms with Gasteiger partial charge in [0.25, 0.3) is 5.97 Å². The number of amides is 1. The molecule has 0 saturated carbocycles. The summed E-state index contributed by atoms with van der Waals surface area (Å²) in [6.07, 6.45) is -0.401. The van der Waals surface area contributed by atoms with Gasteiger partial charge in [-0.2, -0.15) is 0 Å². The highest BCUT2D eigenvalue weighted by atomic mass is 16.5. The summed E-state index contributed by atoms with van der Waals surface area (Å²) in [5.74, 6) is -0.335. The molecule has 1 aliphatic carbocycles. The molecule has 5 nitrogen and oxygen atoms in total. The van der Waals surface area contributed by atoms with Gasteiger partial charge in [-0.3, -0.25) is 4.79 Å². The first-order valence-corrected chi connectivity index (χ1v) is 7.86. The molecule has 0 unspecified atom stereocenters. The highest BCUT2D eigenvalue weighted by Gasteiger charge is 2.28. The molecule has 0 bridgehead atoms. The van der Waals surface area contributed by atoms with Gasteiger partial charge in [0.15, 0.2) is 0 Å². The molecule has 0 atom stereocenters. The number of nitrogens with one attached hydrogen (secondary N) is 1. The standard InChI is InChI=1S/C18H18BNO4/c19-24-17(21)9-10-20-18(22)23-11-16-14-7-3-1-5-12(14)13-6-2-4-8-15(13)16/h1-8,16H,9-11,19H2,(H,20,22). The molecule has 0 spiro atoms.